The lowest BCUT2D eigenvalue weighted by Crippen LogP contribution is -2.37. The van der Waals surface area contributed by atoms with Crippen LogP contribution in [0.15, 0.2) is 53.4 Å². The summed E-state index contributed by atoms with van der Waals surface area (Å²) >= 11 is 1.63. The van der Waals surface area contributed by atoms with Crippen LogP contribution in [0.3, 0.4) is 0 Å². The summed E-state index contributed by atoms with van der Waals surface area (Å²) in [5.74, 6) is 0.684. The van der Waals surface area contributed by atoms with E-state index >= 15 is 0 Å². The number of nitrogens with one attached hydrogen (secondary N) is 1. The van der Waals surface area contributed by atoms with Crippen LogP contribution in [-0.4, -0.2) is 42.1 Å². The van der Waals surface area contributed by atoms with Gasteiger partial charge in [0.15, 0.2) is 0 Å². The number of carbonyl (C=O) groups excluding carboxylic acids is 2. The molecule has 0 aromatic heterocycles. The molecule has 1 aliphatic heterocycles. The third-order valence-electron chi connectivity index (χ3n) is 4.29. The third-order valence-corrected chi connectivity index (χ3v) is 5.36. The second-order valence-electron chi connectivity index (χ2n) is 6.17. The minimum Gasteiger partial charge on any atom is -0.337 e. The number of halogens is 1. The number of thioether (sulfide) groups is 1. The molecule has 0 unspecified atom stereocenters. The first-order valence-electron chi connectivity index (χ1n) is 8.77. The zero-order valence-electron chi connectivity index (χ0n) is 15.0. The maximum Gasteiger partial charge on any atom is 0.253 e. The van der Waals surface area contributed by atoms with Gasteiger partial charge in [0.05, 0.1) is 5.69 Å². The molecule has 0 saturated carbocycles. The van der Waals surface area contributed by atoms with Crippen LogP contribution < -0.4 is 11.1 Å². The van der Waals surface area contributed by atoms with Crippen molar-refractivity contribution < 1.29 is 9.59 Å². The van der Waals surface area contributed by atoms with Crippen molar-refractivity contribution >= 4 is 41.7 Å². The lowest BCUT2D eigenvalue weighted by molar-refractivity contribution is -0.115. The van der Waals surface area contributed by atoms with Gasteiger partial charge in [-0.05, 0) is 30.2 Å². The van der Waals surface area contributed by atoms with E-state index in [1.54, 1.807) is 22.7 Å². The molecule has 0 spiro atoms. The van der Waals surface area contributed by atoms with Gasteiger partial charge < -0.3 is 16.0 Å². The average molecular weight is 406 g/mol. The number of fused-ring (bicyclic) bond motifs is 1. The van der Waals surface area contributed by atoms with Crippen LogP contribution >= 0.6 is 24.2 Å². The van der Waals surface area contributed by atoms with E-state index in [4.69, 9.17) is 5.73 Å². The fourth-order valence-electron chi connectivity index (χ4n) is 2.91. The normalized spacial score (nSPS) is 13.0. The van der Waals surface area contributed by atoms with Crippen LogP contribution in [0.2, 0.25) is 0 Å². The summed E-state index contributed by atoms with van der Waals surface area (Å²) in [7, 11) is 0. The van der Waals surface area contributed by atoms with E-state index in [1.165, 1.54) is 5.56 Å². The first-order chi connectivity index (χ1) is 12.7. The van der Waals surface area contributed by atoms with E-state index in [-0.39, 0.29) is 24.2 Å². The highest BCUT2D eigenvalue weighted by molar-refractivity contribution is 7.99. The smallest absolute Gasteiger partial charge is 0.253 e. The van der Waals surface area contributed by atoms with Crippen molar-refractivity contribution in [2.75, 3.05) is 30.7 Å². The molecule has 3 N–H and O–H groups in total. The van der Waals surface area contributed by atoms with Crippen LogP contribution in [0.5, 0.6) is 0 Å². The molecule has 1 heterocycles. The molecule has 2 amide bonds. The molecule has 2 aromatic rings. The van der Waals surface area contributed by atoms with Crippen molar-refractivity contribution in [1.29, 1.82) is 0 Å². The summed E-state index contributed by atoms with van der Waals surface area (Å²) in [5, 5.41) is 2.89. The van der Waals surface area contributed by atoms with E-state index in [2.05, 4.69) is 17.4 Å². The average Bonchev–Trinajstić information content (AvgIpc) is 2.85. The molecule has 0 radical (unpaired) electrons. The lowest BCUT2D eigenvalue weighted by atomic mass is 10.1. The second-order valence-corrected chi connectivity index (χ2v) is 7.31. The monoisotopic (exact) mass is 405 g/mol. The summed E-state index contributed by atoms with van der Waals surface area (Å²) in [4.78, 5) is 27.5. The fourth-order valence-corrected chi connectivity index (χ4v) is 3.85. The quantitative estimate of drug-likeness (QED) is 0.773. The van der Waals surface area contributed by atoms with E-state index in [0.717, 1.165) is 22.8 Å². The Kier molecular flexibility index (Phi) is 8.16. The molecule has 7 heteroatoms. The maximum absolute atomic E-state index is 13.0. The molecule has 3 rings (SSSR count). The molecular weight excluding hydrogens is 382 g/mol. The fraction of sp³-hybridized carbons (Fsp3) is 0.300. The summed E-state index contributed by atoms with van der Waals surface area (Å²) in [6.45, 7) is 1.53. The second kappa shape index (κ2) is 10.3. The van der Waals surface area contributed by atoms with Crippen molar-refractivity contribution in [3.63, 3.8) is 0 Å². The molecule has 2 aromatic carbocycles. The lowest BCUT2D eigenvalue weighted by Gasteiger charge is -2.23. The molecule has 0 atom stereocenters. The molecule has 0 aliphatic carbocycles. The molecular formula is C20H24ClN3O2S. The molecule has 0 bridgehead atoms. The third kappa shape index (κ3) is 5.73. The van der Waals surface area contributed by atoms with Gasteiger partial charge in [0.25, 0.3) is 5.91 Å². The number of benzene rings is 2. The molecule has 144 valence electrons. The van der Waals surface area contributed by atoms with E-state index in [9.17, 15) is 9.59 Å². The summed E-state index contributed by atoms with van der Waals surface area (Å²) in [6.07, 6.45) is 1.27. The van der Waals surface area contributed by atoms with Gasteiger partial charge in [-0.3, -0.25) is 9.59 Å². The zero-order chi connectivity index (χ0) is 18.4. The summed E-state index contributed by atoms with van der Waals surface area (Å²) in [5.41, 5.74) is 8.20. The van der Waals surface area contributed by atoms with Gasteiger partial charge in [-0.25, -0.2) is 0 Å². The first-order valence-corrected chi connectivity index (χ1v) is 9.76. The zero-order valence-corrected chi connectivity index (χ0v) is 16.7. The van der Waals surface area contributed by atoms with Crippen molar-refractivity contribution in [2.24, 2.45) is 5.73 Å². The Bertz CT molecular complexity index is 786. The Morgan fingerprint density at radius 3 is 2.67 bits per heavy atom. The predicted molar refractivity (Wildman–Crippen MR) is 113 cm³/mol. The highest BCUT2D eigenvalue weighted by Crippen LogP contribution is 2.31. The number of nitrogens with two attached hydrogens (primary N) is 1. The Morgan fingerprint density at radius 2 is 1.93 bits per heavy atom. The van der Waals surface area contributed by atoms with Crippen LogP contribution in [0.1, 0.15) is 22.3 Å². The standard InChI is InChI=1S/C20H23N3O2S.ClH/c21-10-12-23(11-8-15-4-2-1-3-5-15)20(25)16-6-7-18-17(14-16)22-19(24)9-13-26-18;/h1-7,14H,8-13,21H2,(H,22,24);1H. The number of carbonyl (C=O) groups is 2. The van der Waals surface area contributed by atoms with Crippen LogP contribution in [-0.2, 0) is 11.2 Å². The SMILES string of the molecule is Cl.NCCN(CCc1ccccc1)C(=O)c1ccc2c(c1)NC(=O)CCS2. The highest BCUT2D eigenvalue weighted by atomic mass is 35.5. The van der Waals surface area contributed by atoms with Gasteiger partial charge in [0.1, 0.15) is 0 Å². The number of nitrogens with zero attached hydrogens (tertiary/aromatic N) is 1. The Hall–Kier alpha value is -2.02. The minimum absolute atomic E-state index is 0. The Balaban J connectivity index is 0.00000261. The molecule has 5 nitrogen and oxygen atoms in total. The Labute approximate surface area is 170 Å². The van der Waals surface area contributed by atoms with E-state index < -0.39 is 0 Å². The number of hydrogen-bond acceptors (Lipinski definition) is 4. The minimum atomic E-state index is -0.0577. The highest BCUT2D eigenvalue weighted by Gasteiger charge is 2.19. The van der Waals surface area contributed by atoms with Crippen LogP contribution in [0.25, 0.3) is 0 Å². The topological polar surface area (TPSA) is 75.4 Å². The molecule has 1 aliphatic rings. The van der Waals surface area contributed by atoms with Gasteiger partial charge >= 0.3 is 0 Å². The molecule has 0 saturated heterocycles. The largest absolute Gasteiger partial charge is 0.337 e. The van der Waals surface area contributed by atoms with Gasteiger partial charge in [0.2, 0.25) is 5.91 Å². The van der Waals surface area contributed by atoms with Crippen molar-refractivity contribution in [1.82, 2.24) is 4.90 Å². The Morgan fingerprint density at radius 1 is 1.15 bits per heavy atom. The first kappa shape index (κ1) is 21.3. The predicted octanol–water partition coefficient (Wildman–Crippen LogP) is 3.19. The van der Waals surface area contributed by atoms with E-state index in [0.29, 0.717) is 31.6 Å². The van der Waals surface area contributed by atoms with Crippen molar-refractivity contribution in [3.05, 3.63) is 59.7 Å². The summed E-state index contributed by atoms with van der Waals surface area (Å²) in [6, 6.07) is 15.6. The van der Waals surface area contributed by atoms with Crippen molar-refractivity contribution in [2.45, 2.75) is 17.7 Å². The number of anilines is 1. The summed E-state index contributed by atoms with van der Waals surface area (Å²) < 4.78 is 0. The number of amides is 2. The molecule has 27 heavy (non-hydrogen) atoms. The van der Waals surface area contributed by atoms with Gasteiger partial charge in [-0.15, -0.1) is 24.2 Å². The van der Waals surface area contributed by atoms with Gasteiger partial charge in [0, 0.05) is 42.3 Å². The maximum atomic E-state index is 13.0. The van der Waals surface area contributed by atoms with Crippen molar-refractivity contribution in [3.8, 4) is 0 Å². The van der Waals surface area contributed by atoms with Crippen LogP contribution in [0, 0.1) is 0 Å². The number of hydrogen-bond donors (Lipinski definition) is 2. The van der Waals surface area contributed by atoms with Crippen LogP contribution in [0.4, 0.5) is 5.69 Å². The number of rotatable bonds is 6. The van der Waals surface area contributed by atoms with Gasteiger partial charge in [-0.1, -0.05) is 30.3 Å². The molecule has 0 fully saturated rings. The van der Waals surface area contributed by atoms with E-state index in [1.807, 2.05) is 30.3 Å². The van der Waals surface area contributed by atoms with Gasteiger partial charge in [-0.2, -0.15) is 0 Å².